The van der Waals surface area contributed by atoms with Crippen molar-refractivity contribution in [2.75, 3.05) is 12.0 Å². The number of para-hydroxylation sites is 1. The van der Waals surface area contributed by atoms with Crippen LogP contribution in [0.4, 0.5) is 5.69 Å². The Morgan fingerprint density at radius 2 is 1.74 bits per heavy atom. The Morgan fingerprint density at radius 1 is 1.00 bits per heavy atom. The number of carbonyl (C=O) groups excluding carboxylic acids is 2. The first kappa shape index (κ1) is 20.7. The summed E-state index contributed by atoms with van der Waals surface area (Å²) in [5.41, 5.74) is 2.43. The lowest BCUT2D eigenvalue weighted by Crippen LogP contribution is -2.29. The molecule has 156 valence electrons. The quantitative estimate of drug-likeness (QED) is 0.345. The van der Waals surface area contributed by atoms with Crippen molar-refractivity contribution in [2.24, 2.45) is 0 Å². The molecule has 3 aromatic rings. The molecular formula is C25H20ClNO4. The van der Waals surface area contributed by atoms with E-state index >= 15 is 0 Å². The Bertz CT molecular complexity index is 1220. The molecule has 1 heterocycles. The summed E-state index contributed by atoms with van der Waals surface area (Å²) in [4.78, 5) is 27.8. The number of carbonyl (C=O) groups is 2. The van der Waals surface area contributed by atoms with E-state index in [1.807, 2.05) is 25.1 Å². The molecule has 4 rings (SSSR count). The number of nitrogens with zero attached hydrogens (tertiary/aromatic N) is 1. The molecule has 0 aliphatic carbocycles. The highest BCUT2D eigenvalue weighted by molar-refractivity contribution is 6.51. The summed E-state index contributed by atoms with van der Waals surface area (Å²) in [6.07, 6.45) is 0. The van der Waals surface area contributed by atoms with E-state index in [9.17, 15) is 14.7 Å². The maximum Gasteiger partial charge on any atom is 0.300 e. The molecule has 1 aliphatic heterocycles. The highest BCUT2D eigenvalue weighted by Gasteiger charge is 2.47. The molecule has 1 unspecified atom stereocenters. The number of hydrogen-bond donors (Lipinski definition) is 1. The van der Waals surface area contributed by atoms with Crippen molar-refractivity contribution in [2.45, 2.75) is 13.0 Å². The van der Waals surface area contributed by atoms with E-state index in [1.54, 1.807) is 54.6 Å². The van der Waals surface area contributed by atoms with Gasteiger partial charge in [0.2, 0.25) is 0 Å². The molecule has 0 saturated carbocycles. The van der Waals surface area contributed by atoms with Crippen LogP contribution in [0.1, 0.15) is 22.7 Å². The van der Waals surface area contributed by atoms with Gasteiger partial charge in [0.05, 0.1) is 18.7 Å². The molecule has 0 bridgehead atoms. The van der Waals surface area contributed by atoms with Crippen molar-refractivity contribution in [1.82, 2.24) is 0 Å². The third-order valence-electron chi connectivity index (χ3n) is 5.26. The fraction of sp³-hybridized carbons (Fsp3) is 0.120. The number of aliphatic hydroxyl groups is 1. The second-order valence-electron chi connectivity index (χ2n) is 7.26. The Hall–Kier alpha value is -3.57. The Kier molecular flexibility index (Phi) is 5.53. The second kappa shape index (κ2) is 8.28. The molecule has 3 aromatic carbocycles. The molecule has 1 saturated heterocycles. The topological polar surface area (TPSA) is 66.8 Å². The summed E-state index contributed by atoms with van der Waals surface area (Å²) < 4.78 is 5.51. The molecule has 1 amide bonds. The van der Waals surface area contributed by atoms with E-state index in [4.69, 9.17) is 16.3 Å². The summed E-state index contributed by atoms with van der Waals surface area (Å²) in [5.74, 6) is -1.27. The van der Waals surface area contributed by atoms with Crippen LogP contribution in [0.5, 0.6) is 5.75 Å². The third-order valence-corrected chi connectivity index (χ3v) is 5.49. The number of halogens is 1. The zero-order chi connectivity index (χ0) is 22.1. The van der Waals surface area contributed by atoms with E-state index in [0.29, 0.717) is 27.6 Å². The van der Waals surface area contributed by atoms with Crippen molar-refractivity contribution >= 4 is 34.7 Å². The standard InChI is InChI=1S/C25H20ClNO4/c1-15-7-5-10-18(13-15)27-22(19-11-3-4-12-20(19)31-2)21(24(29)25(27)30)23(28)16-8-6-9-17(26)14-16/h3-14,22,28H,1-2H3/b23-21+. The summed E-state index contributed by atoms with van der Waals surface area (Å²) in [5, 5.41) is 11.5. The SMILES string of the molecule is COc1ccccc1C1/C(=C(\O)c2cccc(Cl)c2)C(=O)C(=O)N1c1cccc(C)c1. The van der Waals surface area contributed by atoms with E-state index in [2.05, 4.69) is 0 Å². The Balaban J connectivity index is 2.00. The molecule has 5 nitrogen and oxygen atoms in total. The molecule has 1 N–H and O–H groups in total. The van der Waals surface area contributed by atoms with Gasteiger partial charge in [-0.3, -0.25) is 14.5 Å². The number of aryl methyl sites for hydroxylation is 1. The lowest BCUT2D eigenvalue weighted by Gasteiger charge is -2.27. The number of aliphatic hydroxyl groups excluding tert-OH is 1. The van der Waals surface area contributed by atoms with Gasteiger partial charge in [-0.2, -0.15) is 0 Å². The van der Waals surface area contributed by atoms with Gasteiger partial charge in [0.25, 0.3) is 11.7 Å². The molecule has 0 radical (unpaired) electrons. The lowest BCUT2D eigenvalue weighted by molar-refractivity contribution is -0.132. The van der Waals surface area contributed by atoms with E-state index < -0.39 is 17.7 Å². The first-order valence-corrected chi connectivity index (χ1v) is 10.1. The van der Waals surface area contributed by atoms with E-state index in [0.717, 1.165) is 5.56 Å². The number of ether oxygens (including phenoxy) is 1. The number of hydrogen-bond acceptors (Lipinski definition) is 4. The predicted octanol–water partition coefficient (Wildman–Crippen LogP) is 5.28. The van der Waals surface area contributed by atoms with Gasteiger partial charge in [-0.25, -0.2) is 0 Å². The smallest absolute Gasteiger partial charge is 0.300 e. The minimum Gasteiger partial charge on any atom is -0.507 e. The van der Waals surface area contributed by atoms with Gasteiger partial charge in [0, 0.05) is 21.8 Å². The molecule has 0 aromatic heterocycles. The monoisotopic (exact) mass is 433 g/mol. The fourth-order valence-corrected chi connectivity index (χ4v) is 4.04. The van der Waals surface area contributed by atoms with Crippen LogP contribution in [-0.2, 0) is 9.59 Å². The molecule has 6 heteroatoms. The highest BCUT2D eigenvalue weighted by Crippen LogP contribution is 2.45. The molecule has 31 heavy (non-hydrogen) atoms. The zero-order valence-electron chi connectivity index (χ0n) is 17.0. The zero-order valence-corrected chi connectivity index (χ0v) is 17.8. The number of methoxy groups -OCH3 is 1. The molecule has 1 fully saturated rings. The van der Waals surface area contributed by atoms with Crippen LogP contribution in [0, 0.1) is 6.92 Å². The van der Waals surface area contributed by atoms with Crippen LogP contribution in [0.15, 0.2) is 78.4 Å². The largest absolute Gasteiger partial charge is 0.507 e. The average Bonchev–Trinajstić information content (AvgIpc) is 3.03. The molecule has 1 aliphatic rings. The van der Waals surface area contributed by atoms with Crippen molar-refractivity contribution in [3.63, 3.8) is 0 Å². The summed E-state index contributed by atoms with van der Waals surface area (Å²) >= 11 is 6.09. The Labute approximate surface area is 185 Å². The van der Waals surface area contributed by atoms with Crippen molar-refractivity contribution < 1.29 is 19.4 Å². The van der Waals surface area contributed by atoms with Gasteiger partial charge in [-0.15, -0.1) is 0 Å². The van der Waals surface area contributed by atoms with E-state index in [-0.39, 0.29) is 11.3 Å². The Morgan fingerprint density at radius 3 is 2.45 bits per heavy atom. The number of rotatable bonds is 4. The summed E-state index contributed by atoms with van der Waals surface area (Å²) in [6.45, 7) is 1.91. The second-order valence-corrected chi connectivity index (χ2v) is 7.70. The predicted molar refractivity (Wildman–Crippen MR) is 120 cm³/mol. The van der Waals surface area contributed by atoms with Crippen LogP contribution in [-0.4, -0.2) is 23.9 Å². The fourth-order valence-electron chi connectivity index (χ4n) is 3.85. The number of amides is 1. The highest BCUT2D eigenvalue weighted by atomic mass is 35.5. The first-order chi connectivity index (χ1) is 14.9. The minimum atomic E-state index is -0.864. The van der Waals surface area contributed by atoms with Crippen LogP contribution in [0.25, 0.3) is 5.76 Å². The van der Waals surface area contributed by atoms with Gasteiger partial charge in [-0.05, 0) is 42.8 Å². The molecular weight excluding hydrogens is 414 g/mol. The molecule has 1 atom stereocenters. The van der Waals surface area contributed by atoms with Gasteiger partial charge in [0.15, 0.2) is 0 Å². The van der Waals surface area contributed by atoms with Crippen molar-refractivity contribution in [3.05, 3.63) is 100 Å². The van der Waals surface area contributed by atoms with Crippen molar-refractivity contribution in [1.29, 1.82) is 0 Å². The number of benzene rings is 3. The van der Waals surface area contributed by atoms with Gasteiger partial charge in [-0.1, -0.05) is 54.1 Å². The van der Waals surface area contributed by atoms with Crippen LogP contribution in [0.3, 0.4) is 0 Å². The third kappa shape index (κ3) is 3.68. The lowest BCUT2D eigenvalue weighted by atomic mass is 9.94. The number of ketones is 1. The normalized spacial score (nSPS) is 17.8. The van der Waals surface area contributed by atoms with Crippen LogP contribution < -0.4 is 9.64 Å². The van der Waals surface area contributed by atoms with Crippen molar-refractivity contribution in [3.8, 4) is 5.75 Å². The summed E-state index contributed by atoms with van der Waals surface area (Å²) in [6, 6.07) is 20.1. The summed E-state index contributed by atoms with van der Waals surface area (Å²) in [7, 11) is 1.52. The van der Waals surface area contributed by atoms with Crippen LogP contribution in [0.2, 0.25) is 5.02 Å². The van der Waals surface area contributed by atoms with Gasteiger partial charge in [0.1, 0.15) is 11.5 Å². The minimum absolute atomic E-state index is 0.0155. The maximum atomic E-state index is 13.2. The maximum absolute atomic E-state index is 13.2. The van der Waals surface area contributed by atoms with Gasteiger partial charge >= 0.3 is 0 Å². The molecule has 0 spiro atoms. The van der Waals surface area contributed by atoms with Gasteiger partial charge < -0.3 is 9.84 Å². The number of anilines is 1. The average molecular weight is 434 g/mol. The number of Topliss-reactive ketones (excluding diaryl/α,β-unsaturated/α-hetero) is 1. The van der Waals surface area contributed by atoms with Crippen LogP contribution >= 0.6 is 11.6 Å². The first-order valence-electron chi connectivity index (χ1n) is 9.69. The van der Waals surface area contributed by atoms with E-state index in [1.165, 1.54) is 12.0 Å².